The van der Waals surface area contributed by atoms with Crippen molar-refractivity contribution in [3.63, 3.8) is 0 Å². The Kier molecular flexibility index (Phi) is 2.81. The maximum absolute atomic E-state index is 12.2. The molecule has 0 amide bonds. The minimum atomic E-state index is -0.0178. The molecule has 0 unspecified atom stereocenters. The van der Waals surface area contributed by atoms with E-state index < -0.39 is 0 Å². The summed E-state index contributed by atoms with van der Waals surface area (Å²) in [5, 5.41) is 4.09. The lowest BCUT2D eigenvalue weighted by atomic mass is 10.2. The first-order valence-electron chi connectivity index (χ1n) is 5.89. The Morgan fingerprint density at radius 1 is 1.50 bits per heavy atom. The van der Waals surface area contributed by atoms with Gasteiger partial charge in [-0.15, -0.1) is 0 Å². The van der Waals surface area contributed by atoms with E-state index in [0.717, 1.165) is 12.1 Å². The van der Waals surface area contributed by atoms with Crippen LogP contribution in [0.5, 0.6) is 0 Å². The topological polar surface area (TPSA) is 52.7 Å². The Bertz CT molecular complexity index is 642. The summed E-state index contributed by atoms with van der Waals surface area (Å²) in [5.41, 5.74) is 1.48. The van der Waals surface area contributed by atoms with Crippen LogP contribution in [0.4, 0.5) is 0 Å². The van der Waals surface area contributed by atoms with E-state index in [2.05, 4.69) is 26.0 Å². The molecule has 0 N–H and O–H groups in total. The molecule has 1 aliphatic rings. The number of aryl methyl sites for hydroxylation is 1. The molecule has 3 rings (SSSR count). The monoisotopic (exact) mass is 308 g/mol. The number of nitrogens with zero attached hydrogens (tertiary/aromatic N) is 4. The van der Waals surface area contributed by atoms with Crippen LogP contribution in [0, 0.1) is 5.92 Å². The van der Waals surface area contributed by atoms with Gasteiger partial charge in [-0.05, 0) is 34.7 Å². The third-order valence-electron chi connectivity index (χ3n) is 3.11. The maximum Gasteiger partial charge on any atom is 0.268 e. The Morgan fingerprint density at radius 2 is 2.28 bits per heavy atom. The maximum atomic E-state index is 12.2. The second-order valence-corrected chi connectivity index (χ2v) is 5.50. The summed E-state index contributed by atoms with van der Waals surface area (Å²) in [6.45, 7) is 0.776. The summed E-state index contributed by atoms with van der Waals surface area (Å²) in [6, 6.07) is 0. The van der Waals surface area contributed by atoms with Crippen LogP contribution < -0.4 is 5.56 Å². The molecule has 94 valence electrons. The summed E-state index contributed by atoms with van der Waals surface area (Å²) in [6.07, 6.45) is 7.62. The normalized spacial score (nSPS) is 15.0. The SMILES string of the molecule is Cn1cc(-c2ncn(CC3CC3)c(=O)c2Br)cn1. The summed E-state index contributed by atoms with van der Waals surface area (Å²) >= 11 is 3.35. The highest BCUT2D eigenvalue weighted by Gasteiger charge is 2.23. The largest absolute Gasteiger partial charge is 0.298 e. The molecule has 0 radical (unpaired) electrons. The minimum Gasteiger partial charge on any atom is -0.298 e. The van der Waals surface area contributed by atoms with Crippen molar-refractivity contribution < 1.29 is 0 Å². The second-order valence-electron chi connectivity index (χ2n) is 4.71. The van der Waals surface area contributed by atoms with Gasteiger partial charge in [-0.3, -0.25) is 14.0 Å². The number of hydrogen-bond donors (Lipinski definition) is 0. The van der Waals surface area contributed by atoms with Crippen molar-refractivity contribution in [3.8, 4) is 11.3 Å². The van der Waals surface area contributed by atoms with Crippen molar-refractivity contribution >= 4 is 15.9 Å². The van der Waals surface area contributed by atoms with E-state index >= 15 is 0 Å². The molecule has 1 fully saturated rings. The fraction of sp³-hybridized carbons (Fsp3) is 0.417. The van der Waals surface area contributed by atoms with E-state index in [9.17, 15) is 4.79 Å². The fourth-order valence-electron chi connectivity index (χ4n) is 1.92. The molecule has 2 heterocycles. The highest BCUT2D eigenvalue weighted by Crippen LogP contribution is 2.30. The van der Waals surface area contributed by atoms with Gasteiger partial charge in [0.2, 0.25) is 0 Å². The van der Waals surface area contributed by atoms with Crippen LogP contribution >= 0.6 is 15.9 Å². The van der Waals surface area contributed by atoms with Gasteiger partial charge >= 0.3 is 0 Å². The van der Waals surface area contributed by atoms with Crippen LogP contribution in [-0.4, -0.2) is 19.3 Å². The number of halogens is 1. The molecule has 2 aromatic heterocycles. The molecule has 1 aliphatic carbocycles. The lowest BCUT2D eigenvalue weighted by Crippen LogP contribution is -2.22. The van der Waals surface area contributed by atoms with Gasteiger partial charge in [0.1, 0.15) is 4.47 Å². The van der Waals surface area contributed by atoms with Gasteiger partial charge in [0.25, 0.3) is 5.56 Å². The van der Waals surface area contributed by atoms with Crippen molar-refractivity contribution in [1.29, 1.82) is 0 Å². The Hall–Kier alpha value is -1.43. The fourth-order valence-corrected chi connectivity index (χ4v) is 2.48. The molecule has 0 saturated heterocycles. The molecular weight excluding hydrogens is 296 g/mol. The van der Waals surface area contributed by atoms with Crippen molar-refractivity contribution in [1.82, 2.24) is 19.3 Å². The molecule has 0 aliphatic heterocycles. The van der Waals surface area contributed by atoms with Crippen molar-refractivity contribution in [2.24, 2.45) is 13.0 Å². The van der Waals surface area contributed by atoms with E-state index in [1.165, 1.54) is 12.8 Å². The number of hydrogen-bond acceptors (Lipinski definition) is 3. The molecule has 0 atom stereocenters. The predicted octanol–water partition coefficient (Wildman–Crippen LogP) is 1.82. The first kappa shape index (κ1) is 11.6. The van der Waals surface area contributed by atoms with E-state index in [4.69, 9.17) is 0 Å². The Balaban J connectivity index is 2.01. The Labute approximate surface area is 113 Å². The molecular formula is C12H13BrN4O. The van der Waals surface area contributed by atoms with Gasteiger partial charge < -0.3 is 0 Å². The van der Waals surface area contributed by atoms with E-state index in [1.54, 1.807) is 21.8 Å². The van der Waals surface area contributed by atoms with Gasteiger partial charge in [0.15, 0.2) is 0 Å². The van der Waals surface area contributed by atoms with Gasteiger partial charge in [0.05, 0.1) is 18.2 Å². The van der Waals surface area contributed by atoms with Crippen LogP contribution in [0.1, 0.15) is 12.8 Å². The molecule has 1 saturated carbocycles. The number of aromatic nitrogens is 4. The third kappa shape index (κ3) is 2.12. The average molecular weight is 309 g/mol. The molecule has 0 spiro atoms. The summed E-state index contributed by atoms with van der Waals surface area (Å²) in [5.74, 6) is 0.653. The summed E-state index contributed by atoms with van der Waals surface area (Å²) in [4.78, 5) is 16.5. The zero-order valence-electron chi connectivity index (χ0n) is 10.0. The first-order chi connectivity index (χ1) is 8.65. The molecule has 0 aromatic carbocycles. The highest BCUT2D eigenvalue weighted by molar-refractivity contribution is 9.10. The quantitative estimate of drug-likeness (QED) is 0.869. The van der Waals surface area contributed by atoms with Crippen molar-refractivity contribution in [2.45, 2.75) is 19.4 Å². The highest BCUT2D eigenvalue weighted by atomic mass is 79.9. The van der Waals surface area contributed by atoms with Gasteiger partial charge in [0, 0.05) is 25.4 Å². The molecule has 18 heavy (non-hydrogen) atoms. The van der Waals surface area contributed by atoms with Gasteiger partial charge in [-0.2, -0.15) is 5.10 Å². The predicted molar refractivity (Wildman–Crippen MR) is 71.1 cm³/mol. The standard InChI is InChI=1S/C12H13BrN4O/c1-16-6-9(4-15-16)11-10(13)12(18)17(7-14-11)5-8-2-3-8/h4,6-8H,2-3,5H2,1H3. The summed E-state index contributed by atoms with van der Waals surface area (Å²) in [7, 11) is 1.84. The molecule has 6 heteroatoms. The zero-order valence-corrected chi connectivity index (χ0v) is 11.6. The van der Waals surface area contributed by atoms with Crippen LogP contribution in [0.15, 0.2) is 28.0 Å². The lowest BCUT2D eigenvalue weighted by molar-refractivity contribution is 0.594. The first-order valence-corrected chi connectivity index (χ1v) is 6.68. The van der Waals surface area contributed by atoms with Gasteiger partial charge in [-0.25, -0.2) is 4.98 Å². The second kappa shape index (κ2) is 4.35. The van der Waals surface area contributed by atoms with Crippen LogP contribution in [0.3, 0.4) is 0 Å². The minimum absolute atomic E-state index is 0.0178. The lowest BCUT2D eigenvalue weighted by Gasteiger charge is -2.06. The summed E-state index contributed by atoms with van der Waals surface area (Å²) < 4.78 is 3.89. The van der Waals surface area contributed by atoms with E-state index in [1.807, 2.05) is 13.2 Å². The van der Waals surface area contributed by atoms with E-state index in [0.29, 0.717) is 16.1 Å². The van der Waals surface area contributed by atoms with Gasteiger partial charge in [-0.1, -0.05) is 0 Å². The molecule has 5 nitrogen and oxygen atoms in total. The molecule has 0 bridgehead atoms. The number of rotatable bonds is 3. The smallest absolute Gasteiger partial charge is 0.268 e. The van der Waals surface area contributed by atoms with E-state index in [-0.39, 0.29) is 5.56 Å². The van der Waals surface area contributed by atoms with Crippen molar-refractivity contribution in [2.75, 3.05) is 0 Å². The zero-order chi connectivity index (χ0) is 12.7. The van der Waals surface area contributed by atoms with Crippen molar-refractivity contribution in [3.05, 3.63) is 33.5 Å². The Morgan fingerprint density at radius 3 is 2.89 bits per heavy atom. The van der Waals surface area contributed by atoms with Crippen LogP contribution in [0.25, 0.3) is 11.3 Å². The average Bonchev–Trinajstić information content (AvgIpc) is 3.06. The van der Waals surface area contributed by atoms with Crippen LogP contribution in [0.2, 0.25) is 0 Å². The van der Waals surface area contributed by atoms with Crippen LogP contribution in [-0.2, 0) is 13.6 Å². The third-order valence-corrected chi connectivity index (χ3v) is 3.83. The molecule has 2 aromatic rings.